The first-order chi connectivity index (χ1) is 19.9. The van der Waals surface area contributed by atoms with Crippen molar-refractivity contribution in [1.82, 2.24) is 29.3 Å². The van der Waals surface area contributed by atoms with Gasteiger partial charge in [-0.05, 0) is 36.4 Å². The van der Waals surface area contributed by atoms with Gasteiger partial charge in [-0.15, -0.1) is 0 Å². The van der Waals surface area contributed by atoms with Gasteiger partial charge in [-0.25, -0.2) is 13.9 Å². The van der Waals surface area contributed by atoms with Crippen LogP contribution in [0.25, 0.3) is 27.8 Å². The molecule has 0 N–H and O–H groups in total. The van der Waals surface area contributed by atoms with E-state index in [0.29, 0.717) is 42.8 Å². The third-order valence-electron chi connectivity index (χ3n) is 6.90. The first-order valence-corrected chi connectivity index (χ1v) is 13.1. The maximum atomic E-state index is 13.5. The highest BCUT2D eigenvalue weighted by molar-refractivity contribution is 6.30. The van der Waals surface area contributed by atoms with Crippen molar-refractivity contribution in [2.24, 2.45) is 7.05 Å². The standard InChI is InChI=1S/C30H22ClFN8O/c1-37-18-24(17-35-37)22-12-27(30-23(14-33)16-36-40(30)19-22)21-3-4-28(34-15-21)38-6-8-39(9-7-38)29(41)5-2-20-10-25(31)13-26(32)11-20/h3-4,10-13,15-19H,6-9H2,1H3. The molecular formula is C30H22ClFN8O. The van der Waals surface area contributed by atoms with E-state index in [0.717, 1.165) is 28.1 Å². The molecule has 0 bridgehead atoms. The lowest BCUT2D eigenvalue weighted by Gasteiger charge is -2.34. The highest BCUT2D eigenvalue weighted by atomic mass is 35.5. The zero-order valence-corrected chi connectivity index (χ0v) is 22.7. The average molecular weight is 565 g/mol. The van der Waals surface area contributed by atoms with E-state index in [2.05, 4.69) is 33.0 Å². The van der Waals surface area contributed by atoms with Gasteiger partial charge in [0.15, 0.2) is 0 Å². The summed E-state index contributed by atoms with van der Waals surface area (Å²) >= 11 is 5.87. The number of piperazine rings is 1. The van der Waals surface area contributed by atoms with E-state index in [1.165, 1.54) is 18.2 Å². The number of fused-ring (bicyclic) bond motifs is 1. The number of hydrogen-bond donors (Lipinski definition) is 0. The SMILES string of the molecule is Cn1cc(-c2cc(-c3ccc(N4CCN(C(=O)C#Cc5cc(F)cc(Cl)c5)CC4)nc3)c3c(C#N)cnn3c2)cn1. The van der Waals surface area contributed by atoms with Crippen LogP contribution in [0, 0.1) is 29.0 Å². The number of anilines is 1. The van der Waals surface area contributed by atoms with Crippen LogP contribution in [0.3, 0.4) is 0 Å². The Bertz CT molecular complexity index is 1870. The molecule has 1 saturated heterocycles. The van der Waals surface area contributed by atoms with Gasteiger partial charge in [-0.2, -0.15) is 15.5 Å². The molecule has 1 amide bonds. The van der Waals surface area contributed by atoms with E-state index in [1.54, 1.807) is 32.7 Å². The van der Waals surface area contributed by atoms with Crippen LogP contribution in [0.5, 0.6) is 0 Å². The van der Waals surface area contributed by atoms with Gasteiger partial charge in [0, 0.05) is 90.6 Å². The predicted octanol–water partition coefficient (Wildman–Crippen LogP) is 4.16. The third-order valence-corrected chi connectivity index (χ3v) is 7.11. The van der Waals surface area contributed by atoms with Crippen molar-refractivity contribution in [3.8, 4) is 40.2 Å². The Kier molecular flexibility index (Phi) is 6.84. The zero-order valence-electron chi connectivity index (χ0n) is 21.9. The Morgan fingerprint density at radius 2 is 1.80 bits per heavy atom. The fourth-order valence-electron chi connectivity index (χ4n) is 4.85. The van der Waals surface area contributed by atoms with E-state index in [1.807, 2.05) is 37.6 Å². The maximum Gasteiger partial charge on any atom is 0.298 e. The predicted molar refractivity (Wildman–Crippen MR) is 152 cm³/mol. The molecule has 9 nitrogen and oxygen atoms in total. The number of carbonyl (C=O) groups excluding carboxylic acids is 1. The van der Waals surface area contributed by atoms with Crippen LogP contribution in [-0.4, -0.2) is 61.4 Å². The molecule has 4 aromatic heterocycles. The summed E-state index contributed by atoms with van der Waals surface area (Å²) in [6, 6.07) is 12.1. The second-order valence-corrected chi connectivity index (χ2v) is 10.0. The molecule has 0 unspecified atom stereocenters. The van der Waals surface area contributed by atoms with Crippen molar-refractivity contribution in [3.05, 3.63) is 89.3 Å². The van der Waals surface area contributed by atoms with Gasteiger partial charge in [0.25, 0.3) is 5.91 Å². The average Bonchev–Trinajstić information content (AvgIpc) is 3.61. The number of rotatable bonds is 3. The summed E-state index contributed by atoms with van der Waals surface area (Å²) in [6.45, 7) is 2.15. The summed E-state index contributed by atoms with van der Waals surface area (Å²) in [5, 5.41) is 18.6. The van der Waals surface area contributed by atoms with Gasteiger partial charge in [-0.3, -0.25) is 9.48 Å². The Hall–Kier alpha value is -5.19. The summed E-state index contributed by atoms with van der Waals surface area (Å²) in [6.07, 6.45) is 8.95. The second-order valence-electron chi connectivity index (χ2n) is 9.60. The van der Waals surface area contributed by atoms with Crippen LogP contribution in [0.4, 0.5) is 10.2 Å². The Morgan fingerprint density at radius 3 is 2.49 bits per heavy atom. The summed E-state index contributed by atoms with van der Waals surface area (Å²) in [5.41, 5.74) is 5.09. The Balaban J connectivity index is 1.19. The van der Waals surface area contributed by atoms with Crippen molar-refractivity contribution in [2.75, 3.05) is 31.1 Å². The molecule has 0 aliphatic carbocycles. The number of pyridine rings is 2. The summed E-state index contributed by atoms with van der Waals surface area (Å²) in [5.74, 6) is 5.25. The van der Waals surface area contributed by atoms with E-state index in [4.69, 9.17) is 16.6 Å². The normalized spacial score (nSPS) is 13.1. The fourth-order valence-corrected chi connectivity index (χ4v) is 5.08. The van der Waals surface area contributed by atoms with Crippen LogP contribution in [0.15, 0.2) is 67.4 Å². The summed E-state index contributed by atoms with van der Waals surface area (Å²) < 4.78 is 17.0. The monoisotopic (exact) mass is 564 g/mol. The molecular weight excluding hydrogens is 543 g/mol. The van der Waals surface area contributed by atoms with Crippen molar-refractivity contribution in [2.45, 2.75) is 0 Å². The number of nitriles is 1. The summed E-state index contributed by atoms with van der Waals surface area (Å²) in [4.78, 5) is 21.1. The lowest BCUT2D eigenvalue weighted by Crippen LogP contribution is -2.48. The van der Waals surface area contributed by atoms with Gasteiger partial charge in [0.1, 0.15) is 17.7 Å². The number of halogens is 2. The van der Waals surface area contributed by atoms with E-state index in [9.17, 15) is 14.4 Å². The molecule has 0 atom stereocenters. The highest BCUT2D eigenvalue weighted by Crippen LogP contribution is 2.32. The minimum atomic E-state index is -0.498. The third kappa shape index (κ3) is 5.33. The van der Waals surface area contributed by atoms with Crippen molar-refractivity contribution in [1.29, 1.82) is 5.26 Å². The van der Waals surface area contributed by atoms with Crippen molar-refractivity contribution >= 4 is 28.8 Å². The minimum absolute atomic E-state index is 0.232. The molecule has 41 heavy (non-hydrogen) atoms. The molecule has 11 heteroatoms. The number of nitrogens with zero attached hydrogens (tertiary/aromatic N) is 8. The van der Waals surface area contributed by atoms with Crippen LogP contribution in [-0.2, 0) is 11.8 Å². The number of amides is 1. The molecule has 5 aromatic rings. The molecule has 1 aliphatic heterocycles. The molecule has 6 rings (SSSR count). The number of aromatic nitrogens is 5. The highest BCUT2D eigenvalue weighted by Gasteiger charge is 2.21. The van der Waals surface area contributed by atoms with E-state index >= 15 is 0 Å². The maximum absolute atomic E-state index is 13.5. The van der Waals surface area contributed by atoms with Gasteiger partial charge < -0.3 is 9.80 Å². The number of hydrogen-bond acceptors (Lipinski definition) is 6. The lowest BCUT2D eigenvalue weighted by atomic mass is 10.0. The number of benzene rings is 1. The van der Waals surface area contributed by atoms with Gasteiger partial charge in [-0.1, -0.05) is 17.5 Å². The molecule has 1 aromatic carbocycles. The van der Waals surface area contributed by atoms with E-state index in [-0.39, 0.29) is 10.9 Å². The zero-order chi connectivity index (χ0) is 28.5. The van der Waals surface area contributed by atoms with Gasteiger partial charge in [0.05, 0.1) is 23.5 Å². The van der Waals surface area contributed by atoms with Crippen LogP contribution < -0.4 is 4.90 Å². The first-order valence-electron chi connectivity index (χ1n) is 12.8. The molecule has 0 radical (unpaired) electrons. The molecule has 202 valence electrons. The fraction of sp³-hybridized carbons (Fsp3) is 0.167. The van der Waals surface area contributed by atoms with Crippen LogP contribution in [0.1, 0.15) is 11.1 Å². The Morgan fingerprint density at radius 1 is 0.976 bits per heavy atom. The lowest BCUT2D eigenvalue weighted by molar-refractivity contribution is -0.125. The minimum Gasteiger partial charge on any atom is -0.353 e. The van der Waals surface area contributed by atoms with Crippen molar-refractivity contribution < 1.29 is 9.18 Å². The molecule has 1 aliphatic rings. The smallest absolute Gasteiger partial charge is 0.298 e. The van der Waals surface area contributed by atoms with Gasteiger partial charge >= 0.3 is 0 Å². The topological polar surface area (TPSA) is 95.3 Å². The van der Waals surface area contributed by atoms with Crippen LogP contribution >= 0.6 is 11.6 Å². The number of aryl methyl sites for hydroxylation is 1. The largest absolute Gasteiger partial charge is 0.353 e. The first kappa shape index (κ1) is 26.1. The van der Waals surface area contributed by atoms with Crippen molar-refractivity contribution in [3.63, 3.8) is 0 Å². The van der Waals surface area contributed by atoms with E-state index < -0.39 is 5.82 Å². The quantitative estimate of drug-likeness (QED) is 0.305. The number of carbonyl (C=O) groups is 1. The second kappa shape index (κ2) is 10.8. The summed E-state index contributed by atoms with van der Waals surface area (Å²) in [7, 11) is 1.86. The van der Waals surface area contributed by atoms with Gasteiger partial charge in [0.2, 0.25) is 0 Å². The van der Waals surface area contributed by atoms with Crippen LogP contribution in [0.2, 0.25) is 5.02 Å². The molecule has 5 heterocycles. The molecule has 0 saturated carbocycles. The molecule has 1 fully saturated rings. The Labute approximate surface area is 240 Å². The molecule has 0 spiro atoms.